The van der Waals surface area contributed by atoms with E-state index >= 15 is 0 Å². The highest BCUT2D eigenvalue weighted by Gasteiger charge is 2.54. The van der Waals surface area contributed by atoms with Crippen LogP contribution in [-0.4, -0.2) is 166 Å². The first kappa shape index (κ1) is 32.9. The molecule has 16 heteroatoms. The van der Waals surface area contributed by atoms with Gasteiger partial charge in [0, 0.05) is 50.6 Å². The fourth-order valence-electron chi connectivity index (χ4n) is 5.64. The Kier molecular flexibility index (Phi) is 12.7. The average molecular weight is 570 g/mol. The molecule has 39 heavy (non-hydrogen) atoms. The van der Waals surface area contributed by atoms with Crippen molar-refractivity contribution in [1.82, 2.24) is 10.6 Å². The normalized spacial score (nSPS) is 46.2. The average Bonchev–Trinajstić information content (AvgIpc) is 2.91. The van der Waals surface area contributed by atoms with Crippen LogP contribution in [-0.2, 0) is 14.2 Å². The Morgan fingerprint density at radius 2 is 1.64 bits per heavy atom. The van der Waals surface area contributed by atoms with Crippen LogP contribution < -0.4 is 27.8 Å². The van der Waals surface area contributed by atoms with Gasteiger partial charge >= 0.3 is 0 Å². The lowest BCUT2D eigenvalue weighted by molar-refractivity contribution is -0.303. The van der Waals surface area contributed by atoms with E-state index in [4.69, 9.17) is 36.5 Å². The van der Waals surface area contributed by atoms with Gasteiger partial charge in [-0.3, -0.25) is 0 Å². The topological polar surface area (TPSA) is 292 Å². The summed E-state index contributed by atoms with van der Waals surface area (Å²) in [5, 5.41) is 87.9. The molecule has 3 aliphatic rings. The lowest BCUT2D eigenvalue weighted by atomic mass is 9.71. The van der Waals surface area contributed by atoms with Gasteiger partial charge < -0.3 is 82.9 Å². The summed E-state index contributed by atoms with van der Waals surface area (Å²) in [6.45, 7) is -0.296. The van der Waals surface area contributed by atoms with Crippen LogP contribution in [0.1, 0.15) is 12.8 Å². The summed E-state index contributed by atoms with van der Waals surface area (Å²) in [5.74, 6) is -0.898. The molecule has 16 nitrogen and oxygen atoms in total. The molecule has 0 radical (unpaired) electrons. The van der Waals surface area contributed by atoms with E-state index in [9.17, 15) is 35.7 Å². The van der Waals surface area contributed by atoms with Crippen LogP contribution in [0.25, 0.3) is 0 Å². The maximum atomic E-state index is 11.6. The van der Waals surface area contributed by atoms with Crippen molar-refractivity contribution in [3.63, 3.8) is 0 Å². The molecule has 3 fully saturated rings. The summed E-state index contributed by atoms with van der Waals surface area (Å²) in [7, 11) is 0. The van der Waals surface area contributed by atoms with Gasteiger partial charge in [-0.1, -0.05) is 0 Å². The molecule has 0 bridgehead atoms. The summed E-state index contributed by atoms with van der Waals surface area (Å²) in [5.41, 5.74) is 18.3. The molecular formula is C23H47N5O11. The predicted octanol–water partition coefficient (Wildman–Crippen LogP) is -7.42. The highest BCUT2D eigenvalue weighted by Crippen LogP contribution is 2.36. The van der Waals surface area contributed by atoms with Crippen LogP contribution in [0.5, 0.6) is 0 Å². The zero-order valence-electron chi connectivity index (χ0n) is 21.9. The molecule has 3 rings (SSSR count). The number of nitrogens with one attached hydrogen (secondary N) is 2. The van der Waals surface area contributed by atoms with Gasteiger partial charge in [-0.05, 0) is 6.42 Å². The quantitative estimate of drug-likeness (QED) is 0.0971. The molecule has 2 saturated heterocycles. The van der Waals surface area contributed by atoms with Crippen molar-refractivity contribution in [2.45, 2.75) is 98.3 Å². The van der Waals surface area contributed by atoms with E-state index in [1.54, 1.807) is 0 Å². The molecule has 230 valence electrons. The fraction of sp³-hybridized carbons (Fsp3) is 1.00. The van der Waals surface area contributed by atoms with Gasteiger partial charge in [-0.2, -0.15) is 0 Å². The Morgan fingerprint density at radius 3 is 2.28 bits per heavy atom. The van der Waals surface area contributed by atoms with E-state index in [1.807, 2.05) is 0 Å². The largest absolute Gasteiger partial charge is 0.395 e. The zero-order valence-corrected chi connectivity index (χ0v) is 21.9. The number of hydrogen-bond acceptors (Lipinski definition) is 16. The van der Waals surface area contributed by atoms with Gasteiger partial charge in [-0.15, -0.1) is 0 Å². The maximum Gasteiger partial charge on any atom is 0.184 e. The number of aliphatic hydroxyl groups is 8. The van der Waals surface area contributed by atoms with Gasteiger partial charge in [-0.25, -0.2) is 0 Å². The predicted molar refractivity (Wildman–Crippen MR) is 135 cm³/mol. The van der Waals surface area contributed by atoms with Crippen molar-refractivity contribution >= 4 is 0 Å². The van der Waals surface area contributed by atoms with Gasteiger partial charge in [0.15, 0.2) is 6.29 Å². The summed E-state index contributed by atoms with van der Waals surface area (Å²) in [6, 6.07) is -2.50. The van der Waals surface area contributed by atoms with Crippen LogP contribution in [0.3, 0.4) is 0 Å². The minimum Gasteiger partial charge on any atom is -0.395 e. The summed E-state index contributed by atoms with van der Waals surface area (Å²) in [6.07, 6.45) is -12.7. The first-order chi connectivity index (χ1) is 18.5. The second kappa shape index (κ2) is 15.0. The molecule has 15 atom stereocenters. The number of hydrogen-bond donors (Lipinski definition) is 13. The molecule has 16 N–H and O–H groups in total. The Balaban J connectivity index is 1.84. The summed E-state index contributed by atoms with van der Waals surface area (Å²) in [4.78, 5) is 0. The third kappa shape index (κ3) is 7.81. The van der Waals surface area contributed by atoms with E-state index in [-0.39, 0.29) is 45.6 Å². The number of aliphatic hydroxyl groups excluding tert-OH is 8. The van der Waals surface area contributed by atoms with E-state index < -0.39 is 98.0 Å². The van der Waals surface area contributed by atoms with E-state index in [1.165, 1.54) is 0 Å². The second-order valence-corrected chi connectivity index (χ2v) is 10.7. The maximum absolute atomic E-state index is 11.6. The Labute approximate surface area is 227 Å². The minimum atomic E-state index is -1.39. The van der Waals surface area contributed by atoms with Crippen LogP contribution in [0.2, 0.25) is 0 Å². The molecule has 2 heterocycles. The highest BCUT2D eigenvalue weighted by atomic mass is 16.7. The second-order valence-electron chi connectivity index (χ2n) is 10.7. The Morgan fingerprint density at radius 1 is 0.923 bits per heavy atom. The van der Waals surface area contributed by atoms with E-state index in [0.717, 1.165) is 0 Å². The first-order valence-corrected chi connectivity index (χ1v) is 13.5. The number of nitrogens with two attached hydrogens (primary N) is 3. The molecule has 0 spiro atoms. The van der Waals surface area contributed by atoms with E-state index in [2.05, 4.69) is 10.6 Å². The highest BCUT2D eigenvalue weighted by molar-refractivity contribution is 5.07. The number of ether oxygens (including phenoxy) is 3. The molecule has 2 aliphatic heterocycles. The molecule has 0 aromatic carbocycles. The zero-order chi connectivity index (χ0) is 28.9. The van der Waals surface area contributed by atoms with Gasteiger partial charge in [0.05, 0.1) is 49.8 Å². The fourth-order valence-corrected chi connectivity index (χ4v) is 5.64. The van der Waals surface area contributed by atoms with Crippen molar-refractivity contribution in [2.75, 3.05) is 39.4 Å². The lowest BCUT2D eigenvalue weighted by Gasteiger charge is -2.52. The van der Waals surface area contributed by atoms with Crippen molar-refractivity contribution in [1.29, 1.82) is 0 Å². The molecule has 0 aromatic rings. The molecule has 0 amide bonds. The first-order valence-electron chi connectivity index (χ1n) is 13.5. The molecular weight excluding hydrogens is 522 g/mol. The standard InChI is InChI=1S/C23H47N5O11/c24-5-9(31)6-28-11-3-10(25)16(22-17(26)20(36)18(34)14(37-22)7-27-1-2-29)19(35)21(11)39-23-13(33)4-12(32)15(8-30)38-23/h9-23,27-36H,1-8,24-26H2/t9?,10-,11+,12-,13+,14+,15+,16?,17+,18+,19-,20+,21-,22+,23+/m0/s1. The molecule has 1 saturated carbocycles. The van der Waals surface area contributed by atoms with Crippen LogP contribution in [0.15, 0.2) is 0 Å². The number of rotatable bonds is 12. The Hall–Kier alpha value is -0.640. The molecule has 1 aliphatic carbocycles. The van der Waals surface area contributed by atoms with Gasteiger partial charge in [0.1, 0.15) is 30.5 Å². The van der Waals surface area contributed by atoms with Gasteiger partial charge in [0.25, 0.3) is 0 Å². The van der Waals surface area contributed by atoms with Crippen molar-refractivity contribution in [2.24, 2.45) is 23.1 Å². The smallest absolute Gasteiger partial charge is 0.184 e. The van der Waals surface area contributed by atoms with Crippen LogP contribution >= 0.6 is 0 Å². The van der Waals surface area contributed by atoms with Crippen LogP contribution in [0, 0.1) is 5.92 Å². The van der Waals surface area contributed by atoms with Crippen LogP contribution in [0.4, 0.5) is 0 Å². The van der Waals surface area contributed by atoms with Gasteiger partial charge in [0.2, 0.25) is 0 Å². The lowest BCUT2D eigenvalue weighted by Crippen LogP contribution is -2.71. The third-order valence-electron chi connectivity index (χ3n) is 7.89. The monoisotopic (exact) mass is 569 g/mol. The van der Waals surface area contributed by atoms with Crippen molar-refractivity contribution in [3.8, 4) is 0 Å². The van der Waals surface area contributed by atoms with E-state index in [0.29, 0.717) is 0 Å². The molecule has 2 unspecified atom stereocenters. The Bertz CT molecular complexity index is 732. The SMILES string of the molecule is NCC(O)CN[C@@H]1C[C@H](N)C([C@H]2O[C@H](CNCCO)[C@@H](O)[C@H](O)[C@H]2N)[C@H](O)[C@H]1O[C@H]1O[C@H](CO)[C@@H](O)C[C@H]1O. The van der Waals surface area contributed by atoms with Crippen molar-refractivity contribution < 1.29 is 55.1 Å². The summed E-state index contributed by atoms with van der Waals surface area (Å²) < 4.78 is 17.7. The minimum absolute atomic E-state index is 0.0142. The van der Waals surface area contributed by atoms with Crippen molar-refractivity contribution in [3.05, 3.63) is 0 Å². The summed E-state index contributed by atoms with van der Waals surface area (Å²) >= 11 is 0. The third-order valence-corrected chi connectivity index (χ3v) is 7.89. The molecule has 0 aromatic heterocycles.